The molecule has 2 aromatic carbocycles. The Hall–Kier alpha value is -1.80. The van der Waals surface area contributed by atoms with Crippen molar-refractivity contribution < 1.29 is 17.9 Å². The summed E-state index contributed by atoms with van der Waals surface area (Å²) in [5, 5.41) is 10.3. The highest BCUT2D eigenvalue weighted by Crippen LogP contribution is 2.27. The predicted octanol–water partition coefficient (Wildman–Crippen LogP) is 2.35. The Labute approximate surface area is 165 Å². The molecule has 0 unspecified atom stereocenters. The third-order valence-electron chi connectivity index (χ3n) is 5.73. The van der Waals surface area contributed by atoms with Crippen LogP contribution in [0.5, 0.6) is 0 Å². The predicted molar refractivity (Wildman–Crippen MR) is 105 cm³/mol. The fraction of sp³-hybridized carbons (Fsp3) is 0.429. The van der Waals surface area contributed by atoms with Crippen LogP contribution in [0.25, 0.3) is 0 Å². The number of fused-ring (bicyclic) bond motifs is 1. The Bertz CT molecular complexity index is 956. The first kappa shape index (κ1) is 19.5. The molecule has 7 heteroatoms. The molecule has 1 saturated heterocycles. The van der Waals surface area contributed by atoms with Crippen LogP contribution in [0.4, 0.5) is 4.39 Å². The monoisotopic (exact) mass is 404 g/mol. The van der Waals surface area contributed by atoms with Crippen LogP contribution in [0, 0.1) is 5.82 Å². The van der Waals surface area contributed by atoms with Crippen molar-refractivity contribution in [2.75, 3.05) is 32.7 Å². The summed E-state index contributed by atoms with van der Waals surface area (Å²) in [6.07, 6.45) is 2.13. The summed E-state index contributed by atoms with van der Waals surface area (Å²) in [6.45, 7) is 2.03. The lowest BCUT2D eigenvalue weighted by Gasteiger charge is -2.35. The summed E-state index contributed by atoms with van der Waals surface area (Å²) in [6, 6.07) is 11.7. The van der Waals surface area contributed by atoms with E-state index in [4.69, 9.17) is 0 Å². The number of hydrogen-bond acceptors (Lipinski definition) is 4. The second kappa shape index (κ2) is 7.91. The van der Waals surface area contributed by atoms with Crippen LogP contribution in [-0.2, 0) is 22.9 Å². The van der Waals surface area contributed by atoms with Gasteiger partial charge in [-0.25, -0.2) is 12.8 Å². The minimum Gasteiger partial charge on any atom is -0.387 e. The molecule has 28 heavy (non-hydrogen) atoms. The van der Waals surface area contributed by atoms with E-state index in [2.05, 4.69) is 0 Å². The molecule has 1 aliphatic heterocycles. The normalized spacial score (nSPS) is 19.5. The van der Waals surface area contributed by atoms with Gasteiger partial charge in [0.1, 0.15) is 5.82 Å². The summed E-state index contributed by atoms with van der Waals surface area (Å²) >= 11 is 0. The van der Waals surface area contributed by atoms with Crippen LogP contribution >= 0.6 is 0 Å². The second-order valence-electron chi connectivity index (χ2n) is 7.53. The van der Waals surface area contributed by atoms with Crippen LogP contribution in [0.15, 0.2) is 47.4 Å². The Morgan fingerprint density at radius 3 is 2.46 bits per heavy atom. The summed E-state index contributed by atoms with van der Waals surface area (Å²) < 4.78 is 41.3. The largest absolute Gasteiger partial charge is 0.387 e. The smallest absolute Gasteiger partial charge is 0.243 e. The van der Waals surface area contributed by atoms with E-state index >= 15 is 0 Å². The van der Waals surface area contributed by atoms with Crippen LogP contribution in [0.2, 0.25) is 0 Å². The van der Waals surface area contributed by atoms with Crippen LogP contribution in [0.1, 0.15) is 29.2 Å². The molecule has 1 aliphatic carbocycles. The molecule has 0 radical (unpaired) electrons. The van der Waals surface area contributed by atoms with E-state index in [0.717, 1.165) is 24.8 Å². The Kier molecular flexibility index (Phi) is 5.51. The van der Waals surface area contributed by atoms with Crippen molar-refractivity contribution in [2.45, 2.75) is 30.3 Å². The van der Waals surface area contributed by atoms with Gasteiger partial charge in [0.05, 0.1) is 11.0 Å². The van der Waals surface area contributed by atoms with Gasteiger partial charge >= 0.3 is 0 Å². The fourth-order valence-electron chi connectivity index (χ4n) is 4.10. The molecule has 0 bridgehead atoms. The molecule has 1 N–H and O–H groups in total. The van der Waals surface area contributed by atoms with E-state index in [1.807, 2.05) is 17.0 Å². The minimum absolute atomic E-state index is 0.274. The van der Waals surface area contributed by atoms with Gasteiger partial charge in [0, 0.05) is 38.3 Å². The van der Waals surface area contributed by atoms with E-state index in [1.165, 1.54) is 15.9 Å². The van der Waals surface area contributed by atoms with Crippen molar-refractivity contribution in [3.05, 3.63) is 65.0 Å². The number of hydrogen-bond donors (Lipinski definition) is 1. The molecule has 2 aliphatic rings. The maximum atomic E-state index is 13.8. The van der Waals surface area contributed by atoms with E-state index in [0.29, 0.717) is 31.1 Å². The Morgan fingerprint density at radius 1 is 1.00 bits per heavy atom. The standard InChI is InChI=1S/C21H25FN2O3S/c22-20-7-2-1-6-19(20)21(25)15-23-10-12-24(13-11-23)28(26,27)18-9-8-16-4-3-5-17(16)14-18/h1-2,6-9,14,21,25H,3-5,10-13,15H2/t21-/m0/s1. The summed E-state index contributed by atoms with van der Waals surface area (Å²) in [7, 11) is -3.51. The first-order valence-corrected chi connectivity index (χ1v) is 11.2. The average molecular weight is 405 g/mol. The van der Waals surface area contributed by atoms with Gasteiger partial charge in [0.2, 0.25) is 10.0 Å². The van der Waals surface area contributed by atoms with Gasteiger partial charge in [-0.2, -0.15) is 4.31 Å². The van der Waals surface area contributed by atoms with E-state index in [1.54, 1.807) is 24.3 Å². The van der Waals surface area contributed by atoms with Crippen LogP contribution in [-0.4, -0.2) is 55.5 Å². The molecule has 4 rings (SSSR count). The van der Waals surface area contributed by atoms with E-state index < -0.39 is 21.9 Å². The van der Waals surface area contributed by atoms with E-state index in [-0.39, 0.29) is 12.1 Å². The van der Waals surface area contributed by atoms with Gasteiger partial charge < -0.3 is 5.11 Å². The maximum absolute atomic E-state index is 13.8. The molecule has 0 saturated carbocycles. The van der Waals surface area contributed by atoms with Crippen molar-refractivity contribution in [3.8, 4) is 0 Å². The average Bonchev–Trinajstić information content (AvgIpc) is 3.16. The number of aryl methyl sites for hydroxylation is 2. The zero-order valence-electron chi connectivity index (χ0n) is 15.7. The molecule has 1 fully saturated rings. The molecular weight excluding hydrogens is 379 g/mol. The lowest BCUT2D eigenvalue weighted by molar-refractivity contribution is 0.0898. The van der Waals surface area contributed by atoms with Crippen molar-refractivity contribution in [3.63, 3.8) is 0 Å². The number of β-amino-alcohol motifs (C(OH)–C–C–N with tert-alkyl or cyclic N) is 1. The molecule has 150 valence electrons. The fourth-order valence-corrected chi connectivity index (χ4v) is 5.57. The highest BCUT2D eigenvalue weighted by molar-refractivity contribution is 7.89. The number of benzene rings is 2. The number of rotatable bonds is 5. The van der Waals surface area contributed by atoms with Gasteiger partial charge in [-0.15, -0.1) is 0 Å². The topological polar surface area (TPSA) is 60.9 Å². The number of aliphatic hydroxyl groups excluding tert-OH is 1. The van der Waals surface area contributed by atoms with Gasteiger partial charge in [0.25, 0.3) is 0 Å². The summed E-state index contributed by atoms with van der Waals surface area (Å²) in [5.74, 6) is -0.423. The van der Waals surface area contributed by atoms with Gasteiger partial charge in [-0.3, -0.25) is 4.90 Å². The van der Waals surface area contributed by atoms with E-state index in [9.17, 15) is 17.9 Å². The second-order valence-corrected chi connectivity index (χ2v) is 9.46. The van der Waals surface area contributed by atoms with Crippen LogP contribution in [0.3, 0.4) is 0 Å². The molecule has 0 spiro atoms. The first-order valence-electron chi connectivity index (χ1n) is 9.72. The van der Waals surface area contributed by atoms with Crippen molar-refractivity contribution in [2.24, 2.45) is 0 Å². The molecule has 0 aromatic heterocycles. The summed E-state index contributed by atoms with van der Waals surface area (Å²) in [5.41, 5.74) is 2.68. The maximum Gasteiger partial charge on any atom is 0.243 e. The summed E-state index contributed by atoms with van der Waals surface area (Å²) in [4.78, 5) is 2.35. The number of aliphatic hydroxyl groups is 1. The van der Waals surface area contributed by atoms with Gasteiger partial charge in [-0.05, 0) is 48.6 Å². The lowest BCUT2D eigenvalue weighted by atomic mass is 10.1. The SMILES string of the molecule is O=S(=O)(c1ccc2c(c1)CCC2)N1CCN(C[C@H](O)c2ccccc2F)CC1. The highest BCUT2D eigenvalue weighted by atomic mass is 32.2. The Morgan fingerprint density at radius 2 is 1.71 bits per heavy atom. The third kappa shape index (κ3) is 3.85. The van der Waals surface area contributed by atoms with Crippen molar-refractivity contribution in [1.29, 1.82) is 0 Å². The zero-order valence-corrected chi connectivity index (χ0v) is 16.5. The molecule has 1 heterocycles. The number of piperazine rings is 1. The minimum atomic E-state index is -3.51. The molecule has 2 aromatic rings. The van der Waals surface area contributed by atoms with Gasteiger partial charge in [0.15, 0.2) is 0 Å². The van der Waals surface area contributed by atoms with Crippen LogP contribution < -0.4 is 0 Å². The van der Waals surface area contributed by atoms with Crippen molar-refractivity contribution in [1.82, 2.24) is 9.21 Å². The van der Waals surface area contributed by atoms with Crippen molar-refractivity contribution >= 4 is 10.0 Å². The first-order chi connectivity index (χ1) is 13.4. The molecule has 0 amide bonds. The molecular formula is C21H25FN2O3S. The Balaban J connectivity index is 1.39. The highest BCUT2D eigenvalue weighted by Gasteiger charge is 2.30. The third-order valence-corrected chi connectivity index (χ3v) is 7.63. The zero-order chi connectivity index (χ0) is 19.7. The molecule has 1 atom stereocenters. The number of halogens is 1. The quantitative estimate of drug-likeness (QED) is 0.831. The molecule has 5 nitrogen and oxygen atoms in total. The lowest BCUT2D eigenvalue weighted by Crippen LogP contribution is -2.49. The number of nitrogens with zero attached hydrogens (tertiary/aromatic N) is 2. The van der Waals surface area contributed by atoms with Gasteiger partial charge in [-0.1, -0.05) is 24.3 Å². The number of sulfonamides is 1.